The van der Waals surface area contributed by atoms with Crippen molar-refractivity contribution in [2.45, 2.75) is 58.8 Å². The minimum atomic E-state index is -0.125. The third-order valence-corrected chi connectivity index (χ3v) is 1.81. The second-order valence-corrected chi connectivity index (χ2v) is 3.21. The molecule has 2 N–H and O–H groups in total. The van der Waals surface area contributed by atoms with E-state index in [0.717, 1.165) is 0 Å². The van der Waals surface area contributed by atoms with Gasteiger partial charge in [0.25, 0.3) is 0 Å². The highest BCUT2D eigenvalue weighted by Crippen LogP contribution is 2.05. The normalized spacial score (nSPS) is 9.23. The maximum absolute atomic E-state index is 7.62. The predicted octanol–water partition coefficient (Wildman–Crippen LogP) is 2.73. The molecule has 2 heteroatoms. The summed E-state index contributed by atoms with van der Waals surface area (Å²) in [5.41, 5.74) is 0. The maximum Gasteiger partial charge on any atom is 0.0662 e. The van der Waals surface area contributed by atoms with E-state index in [1.165, 1.54) is 44.9 Å². The molecule has 0 radical (unpaired) electrons. The fourth-order valence-corrected chi connectivity index (χ4v) is 1.03. The standard InChI is InChI=1S/C9H20.C2H6O2/c1-3-5-7-9-8-6-4-2;3-1-2-4/h3-9H2,1-2H3;3-4H,1-2H2. The van der Waals surface area contributed by atoms with Crippen LogP contribution in [0.3, 0.4) is 0 Å². The Morgan fingerprint density at radius 2 is 0.923 bits per heavy atom. The zero-order valence-corrected chi connectivity index (χ0v) is 9.26. The first-order valence-corrected chi connectivity index (χ1v) is 5.55. The van der Waals surface area contributed by atoms with Crippen molar-refractivity contribution in [1.82, 2.24) is 0 Å². The summed E-state index contributed by atoms with van der Waals surface area (Å²) in [7, 11) is 0. The van der Waals surface area contributed by atoms with Gasteiger partial charge in [0, 0.05) is 0 Å². The predicted molar refractivity (Wildman–Crippen MR) is 57.8 cm³/mol. The van der Waals surface area contributed by atoms with Crippen molar-refractivity contribution < 1.29 is 10.2 Å². The Labute approximate surface area is 83.0 Å². The molecule has 13 heavy (non-hydrogen) atoms. The van der Waals surface area contributed by atoms with Crippen LogP contribution in [-0.4, -0.2) is 23.4 Å². The highest BCUT2D eigenvalue weighted by atomic mass is 16.3. The third-order valence-electron chi connectivity index (χ3n) is 1.81. The first kappa shape index (κ1) is 15.4. The summed E-state index contributed by atoms with van der Waals surface area (Å²) in [4.78, 5) is 0. The van der Waals surface area contributed by atoms with Crippen LogP contribution in [-0.2, 0) is 0 Å². The van der Waals surface area contributed by atoms with Crippen molar-refractivity contribution in [2.24, 2.45) is 0 Å². The molecule has 0 unspecified atom stereocenters. The molecule has 0 heterocycles. The molecule has 0 aliphatic carbocycles. The average molecular weight is 190 g/mol. The van der Waals surface area contributed by atoms with Gasteiger partial charge in [-0.1, -0.05) is 58.8 Å². The molecule has 2 nitrogen and oxygen atoms in total. The van der Waals surface area contributed by atoms with Gasteiger partial charge in [0.05, 0.1) is 13.2 Å². The highest BCUT2D eigenvalue weighted by Gasteiger charge is 1.85. The Hall–Kier alpha value is -0.0800. The fraction of sp³-hybridized carbons (Fsp3) is 1.00. The maximum atomic E-state index is 7.62. The van der Waals surface area contributed by atoms with E-state index >= 15 is 0 Å². The molecule has 0 aromatic rings. The highest BCUT2D eigenvalue weighted by molar-refractivity contribution is 4.41. The van der Waals surface area contributed by atoms with Crippen molar-refractivity contribution in [3.05, 3.63) is 0 Å². The van der Waals surface area contributed by atoms with Crippen LogP contribution >= 0.6 is 0 Å². The number of hydrogen-bond acceptors (Lipinski definition) is 2. The number of rotatable bonds is 7. The van der Waals surface area contributed by atoms with Crippen LogP contribution in [0.15, 0.2) is 0 Å². The summed E-state index contributed by atoms with van der Waals surface area (Å²) in [5.74, 6) is 0. The molecule has 0 atom stereocenters. The van der Waals surface area contributed by atoms with Gasteiger partial charge in [0.15, 0.2) is 0 Å². The van der Waals surface area contributed by atoms with Gasteiger partial charge >= 0.3 is 0 Å². The zero-order valence-electron chi connectivity index (χ0n) is 9.26. The van der Waals surface area contributed by atoms with Crippen LogP contribution < -0.4 is 0 Å². The van der Waals surface area contributed by atoms with Crippen LogP contribution in [0.5, 0.6) is 0 Å². The van der Waals surface area contributed by atoms with Crippen LogP contribution in [0.25, 0.3) is 0 Å². The first-order chi connectivity index (χ1) is 6.33. The van der Waals surface area contributed by atoms with Crippen LogP contribution in [0.2, 0.25) is 0 Å². The Kier molecular flexibility index (Phi) is 21.2. The van der Waals surface area contributed by atoms with Crippen molar-refractivity contribution in [3.8, 4) is 0 Å². The molecule has 0 fully saturated rings. The summed E-state index contributed by atoms with van der Waals surface area (Å²) in [5, 5.41) is 15.2. The average Bonchev–Trinajstić information content (AvgIpc) is 2.18. The van der Waals surface area contributed by atoms with E-state index in [1.807, 2.05) is 0 Å². The van der Waals surface area contributed by atoms with E-state index in [9.17, 15) is 0 Å². The van der Waals surface area contributed by atoms with Crippen molar-refractivity contribution in [2.75, 3.05) is 13.2 Å². The van der Waals surface area contributed by atoms with Crippen LogP contribution in [0, 0.1) is 0 Å². The molecule has 82 valence electrons. The smallest absolute Gasteiger partial charge is 0.0662 e. The second kappa shape index (κ2) is 17.9. The molecule has 0 aromatic heterocycles. The van der Waals surface area contributed by atoms with Crippen molar-refractivity contribution in [1.29, 1.82) is 0 Å². The summed E-state index contributed by atoms with van der Waals surface area (Å²) < 4.78 is 0. The summed E-state index contributed by atoms with van der Waals surface area (Å²) in [6.07, 6.45) is 9.97. The van der Waals surface area contributed by atoms with E-state index in [0.29, 0.717) is 0 Å². The van der Waals surface area contributed by atoms with Gasteiger partial charge in [-0.3, -0.25) is 0 Å². The van der Waals surface area contributed by atoms with E-state index in [4.69, 9.17) is 10.2 Å². The lowest BCUT2D eigenvalue weighted by Gasteiger charge is -1.96. The van der Waals surface area contributed by atoms with E-state index in [-0.39, 0.29) is 13.2 Å². The summed E-state index contributed by atoms with van der Waals surface area (Å²) in [6, 6.07) is 0. The molecule has 0 spiro atoms. The Morgan fingerprint density at radius 1 is 0.615 bits per heavy atom. The molecule has 0 bridgehead atoms. The van der Waals surface area contributed by atoms with Crippen molar-refractivity contribution >= 4 is 0 Å². The van der Waals surface area contributed by atoms with E-state index in [1.54, 1.807) is 0 Å². The lowest BCUT2D eigenvalue weighted by Crippen LogP contribution is -1.85. The van der Waals surface area contributed by atoms with Crippen LogP contribution in [0.1, 0.15) is 58.8 Å². The minimum Gasteiger partial charge on any atom is -0.394 e. The fourth-order valence-electron chi connectivity index (χ4n) is 1.03. The molecule has 0 aliphatic heterocycles. The number of aliphatic hydroxyl groups excluding tert-OH is 2. The molecular weight excluding hydrogens is 164 g/mol. The monoisotopic (exact) mass is 190 g/mol. The van der Waals surface area contributed by atoms with Gasteiger partial charge in [-0.15, -0.1) is 0 Å². The third kappa shape index (κ3) is 24.5. The summed E-state index contributed by atoms with van der Waals surface area (Å²) >= 11 is 0. The molecule has 0 rings (SSSR count). The van der Waals surface area contributed by atoms with Crippen molar-refractivity contribution in [3.63, 3.8) is 0 Å². The molecule has 0 amide bonds. The molecule has 0 saturated heterocycles. The summed E-state index contributed by atoms with van der Waals surface area (Å²) in [6.45, 7) is 4.28. The lowest BCUT2D eigenvalue weighted by molar-refractivity contribution is 0.186. The van der Waals surface area contributed by atoms with Gasteiger partial charge < -0.3 is 10.2 Å². The second-order valence-electron chi connectivity index (χ2n) is 3.21. The first-order valence-electron chi connectivity index (χ1n) is 5.55. The largest absolute Gasteiger partial charge is 0.394 e. The Morgan fingerprint density at radius 3 is 1.15 bits per heavy atom. The Balaban J connectivity index is 0. The molecule has 0 aromatic carbocycles. The quantitative estimate of drug-likeness (QED) is 0.606. The SMILES string of the molecule is CCCCCCCCC.OCCO. The van der Waals surface area contributed by atoms with Gasteiger partial charge in [-0.2, -0.15) is 0 Å². The van der Waals surface area contributed by atoms with Gasteiger partial charge in [0.2, 0.25) is 0 Å². The van der Waals surface area contributed by atoms with E-state index < -0.39 is 0 Å². The van der Waals surface area contributed by atoms with Gasteiger partial charge in [0.1, 0.15) is 0 Å². The van der Waals surface area contributed by atoms with E-state index in [2.05, 4.69) is 13.8 Å². The number of aliphatic hydroxyl groups is 2. The topological polar surface area (TPSA) is 40.5 Å². The number of hydrogen-bond donors (Lipinski definition) is 2. The lowest BCUT2D eigenvalue weighted by atomic mass is 10.1. The Bertz CT molecular complexity index is 57.1. The van der Waals surface area contributed by atoms with Crippen LogP contribution in [0.4, 0.5) is 0 Å². The molecular formula is C11H26O2. The minimum absolute atomic E-state index is 0.125. The zero-order chi connectivity index (χ0) is 10.4. The number of unbranched alkanes of at least 4 members (excludes halogenated alkanes) is 6. The van der Waals surface area contributed by atoms with Gasteiger partial charge in [-0.25, -0.2) is 0 Å². The molecule has 0 aliphatic rings. The van der Waals surface area contributed by atoms with Gasteiger partial charge in [-0.05, 0) is 0 Å². The molecule has 0 saturated carbocycles.